The van der Waals surface area contributed by atoms with Gasteiger partial charge in [-0.2, -0.15) is 0 Å². The lowest BCUT2D eigenvalue weighted by atomic mass is 10.1. The summed E-state index contributed by atoms with van der Waals surface area (Å²) < 4.78 is 32.0. The average Bonchev–Trinajstić information content (AvgIpc) is 2.64. The zero-order valence-corrected chi connectivity index (χ0v) is 16.2. The van der Waals surface area contributed by atoms with Crippen LogP contribution in [-0.2, 0) is 4.57 Å². The first-order chi connectivity index (χ1) is 12.8. The number of methoxy groups -OCH3 is 4. The van der Waals surface area contributed by atoms with E-state index in [1.54, 1.807) is 36.4 Å². The fraction of sp³-hybridized carbons (Fsp3) is 0.300. The van der Waals surface area contributed by atoms with E-state index in [0.717, 1.165) is 5.56 Å². The number of hydrogen-bond acceptors (Lipinski definition) is 7. The Hall–Kier alpha value is -2.67. The lowest BCUT2D eigenvalue weighted by Gasteiger charge is -2.31. The van der Waals surface area contributed by atoms with Gasteiger partial charge < -0.3 is 38.4 Å². The molecular formula is C20H28NO7P-2. The topological polar surface area (TPSA) is 112 Å². The highest BCUT2D eigenvalue weighted by Gasteiger charge is 2.12. The molecule has 2 aromatic rings. The molecule has 2 rings (SSSR count). The Labute approximate surface area is 172 Å². The van der Waals surface area contributed by atoms with Crippen LogP contribution >= 0.6 is 7.75 Å². The Balaban J connectivity index is 0.00000392. The van der Waals surface area contributed by atoms with Crippen molar-refractivity contribution in [3.8, 4) is 23.0 Å². The highest BCUT2D eigenvalue weighted by Crippen LogP contribution is 2.39. The summed E-state index contributed by atoms with van der Waals surface area (Å²) in [6.07, 6.45) is 3.52. The van der Waals surface area contributed by atoms with Gasteiger partial charge in [0.05, 0.1) is 34.1 Å². The number of nitrogens with one attached hydrogen (secondary N) is 1. The maximum absolute atomic E-state index is 11.0. The van der Waals surface area contributed by atoms with Crippen molar-refractivity contribution in [2.24, 2.45) is 0 Å². The van der Waals surface area contributed by atoms with Gasteiger partial charge in [-0.3, -0.25) is 0 Å². The summed E-state index contributed by atoms with van der Waals surface area (Å²) in [7, 11) is 0.994. The van der Waals surface area contributed by atoms with Crippen molar-refractivity contribution in [2.75, 3.05) is 33.5 Å². The van der Waals surface area contributed by atoms with Crippen molar-refractivity contribution in [1.82, 2.24) is 0 Å². The van der Waals surface area contributed by atoms with Gasteiger partial charge in [0.1, 0.15) is 5.75 Å². The summed E-state index contributed by atoms with van der Waals surface area (Å²) in [6, 6.07) is 8.32. The monoisotopic (exact) mass is 425 g/mol. The zero-order chi connectivity index (χ0) is 20.0. The maximum atomic E-state index is 11.0. The van der Waals surface area contributed by atoms with Crippen LogP contribution in [0, 0.1) is 0 Å². The summed E-state index contributed by atoms with van der Waals surface area (Å²) in [5, 5.41) is 1.92. The lowest BCUT2D eigenvalue weighted by molar-refractivity contribution is -0.311. The second-order valence-electron chi connectivity index (χ2n) is 5.36. The van der Waals surface area contributed by atoms with Crippen LogP contribution in [0.15, 0.2) is 30.3 Å². The normalized spacial score (nSPS) is 10.6. The third-order valence-electron chi connectivity index (χ3n) is 3.64. The zero-order valence-electron chi connectivity index (χ0n) is 15.3. The number of hydrogen-bond donors (Lipinski definition) is 1. The molecule has 0 radical (unpaired) electrons. The van der Waals surface area contributed by atoms with E-state index >= 15 is 0 Å². The second kappa shape index (κ2) is 11.4. The van der Waals surface area contributed by atoms with E-state index in [2.05, 4.69) is 0 Å². The highest BCUT2D eigenvalue weighted by molar-refractivity contribution is 7.50. The number of rotatable bonds is 8. The van der Waals surface area contributed by atoms with E-state index in [1.165, 1.54) is 34.5 Å². The summed E-state index contributed by atoms with van der Waals surface area (Å²) in [5.74, 6) is 1.74. The molecule has 0 unspecified atom stereocenters. The van der Waals surface area contributed by atoms with Crippen molar-refractivity contribution in [3.63, 3.8) is 0 Å². The molecule has 0 heterocycles. The van der Waals surface area contributed by atoms with E-state index in [-0.39, 0.29) is 26.3 Å². The van der Waals surface area contributed by atoms with Gasteiger partial charge in [-0.1, -0.05) is 33.1 Å². The highest BCUT2D eigenvalue weighted by atomic mass is 31.2. The minimum atomic E-state index is -4.96. The Kier molecular flexibility index (Phi) is 10.3. The van der Waals surface area contributed by atoms with E-state index in [9.17, 15) is 14.4 Å². The minimum Gasteiger partial charge on any atom is -0.795 e. The van der Waals surface area contributed by atoms with Gasteiger partial charge in [0, 0.05) is 7.75 Å². The molecule has 8 nitrogen and oxygen atoms in total. The lowest BCUT2D eigenvalue weighted by Crippen LogP contribution is -2.20. The molecule has 162 valence electrons. The van der Waals surface area contributed by atoms with E-state index in [0.29, 0.717) is 22.8 Å². The van der Waals surface area contributed by atoms with Crippen LogP contribution in [0.4, 0.5) is 5.69 Å². The number of benzene rings is 2. The fourth-order valence-corrected chi connectivity index (χ4v) is 2.92. The smallest absolute Gasteiger partial charge is 0.203 e. The SMILES string of the molecule is C.C.COc1ccc(/C=C\c2cc(OC)c(OC)c(OC)c2)cc1NP(=O)([O-])[O-]. The van der Waals surface area contributed by atoms with E-state index < -0.39 is 7.75 Å². The Bertz CT molecular complexity index is 852. The van der Waals surface area contributed by atoms with Crippen molar-refractivity contribution >= 4 is 25.6 Å². The Morgan fingerprint density at radius 3 is 1.76 bits per heavy atom. The quantitative estimate of drug-likeness (QED) is 0.506. The van der Waals surface area contributed by atoms with Gasteiger partial charge in [0.2, 0.25) is 5.75 Å². The van der Waals surface area contributed by atoms with Crippen LogP contribution in [0.1, 0.15) is 26.0 Å². The summed E-state index contributed by atoms with van der Waals surface area (Å²) in [6.45, 7) is 0. The molecule has 0 aliphatic rings. The van der Waals surface area contributed by atoms with Gasteiger partial charge in [0.15, 0.2) is 11.5 Å². The van der Waals surface area contributed by atoms with Crippen LogP contribution < -0.4 is 33.8 Å². The van der Waals surface area contributed by atoms with Crippen LogP contribution in [0.25, 0.3) is 12.2 Å². The molecule has 0 aliphatic heterocycles. The van der Waals surface area contributed by atoms with Crippen molar-refractivity contribution in [1.29, 1.82) is 0 Å². The van der Waals surface area contributed by atoms with Crippen molar-refractivity contribution < 1.29 is 33.3 Å². The first-order valence-corrected chi connectivity index (χ1v) is 9.32. The van der Waals surface area contributed by atoms with Crippen LogP contribution in [-0.4, -0.2) is 28.4 Å². The van der Waals surface area contributed by atoms with Gasteiger partial charge in [-0.05, 0) is 35.4 Å². The molecule has 0 aromatic heterocycles. The molecule has 0 amide bonds. The van der Waals surface area contributed by atoms with Gasteiger partial charge >= 0.3 is 0 Å². The first-order valence-electron chi connectivity index (χ1n) is 7.77. The van der Waals surface area contributed by atoms with Crippen molar-refractivity contribution in [2.45, 2.75) is 14.9 Å². The largest absolute Gasteiger partial charge is 0.795 e. The van der Waals surface area contributed by atoms with Crippen LogP contribution in [0.3, 0.4) is 0 Å². The predicted molar refractivity (Wildman–Crippen MR) is 113 cm³/mol. The molecule has 1 N–H and O–H groups in total. The molecule has 0 aliphatic carbocycles. The molecule has 0 fully saturated rings. The molecule has 0 bridgehead atoms. The molecular weight excluding hydrogens is 397 g/mol. The van der Waals surface area contributed by atoms with Crippen molar-refractivity contribution in [3.05, 3.63) is 41.5 Å². The molecule has 2 aromatic carbocycles. The molecule has 9 heteroatoms. The Morgan fingerprint density at radius 2 is 1.31 bits per heavy atom. The summed E-state index contributed by atoms with van der Waals surface area (Å²) >= 11 is 0. The van der Waals surface area contributed by atoms with Crippen LogP contribution in [0.2, 0.25) is 0 Å². The van der Waals surface area contributed by atoms with E-state index in [4.69, 9.17) is 18.9 Å². The summed E-state index contributed by atoms with van der Waals surface area (Å²) in [5.41, 5.74) is 1.49. The van der Waals surface area contributed by atoms with Gasteiger partial charge in [0.25, 0.3) is 0 Å². The third kappa shape index (κ3) is 7.02. The predicted octanol–water partition coefficient (Wildman–Crippen LogP) is 3.40. The molecule has 0 saturated carbocycles. The van der Waals surface area contributed by atoms with E-state index in [1.807, 2.05) is 5.09 Å². The van der Waals surface area contributed by atoms with Gasteiger partial charge in [-0.15, -0.1) is 0 Å². The number of ether oxygens (including phenoxy) is 4. The summed E-state index contributed by atoms with van der Waals surface area (Å²) in [4.78, 5) is 22.0. The first kappa shape index (κ1) is 26.3. The fourth-order valence-electron chi connectivity index (χ4n) is 2.45. The Morgan fingerprint density at radius 1 is 0.793 bits per heavy atom. The molecule has 0 atom stereocenters. The average molecular weight is 425 g/mol. The minimum absolute atomic E-state index is 0. The molecule has 0 saturated heterocycles. The molecule has 29 heavy (non-hydrogen) atoms. The third-order valence-corrected chi connectivity index (χ3v) is 4.15. The van der Waals surface area contributed by atoms with Gasteiger partial charge in [-0.25, -0.2) is 0 Å². The number of anilines is 1. The standard InChI is InChI=1S/C18H22NO7P.2CH4/c1-23-15-8-7-12(9-14(15)19-27(20,21)22)5-6-13-10-16(24-2)18(26-4)17(11-13)25-3;;/h5-11H,1-4H3,(H3,19,20,21,22);2*1H4/p-2/b6-5-;;. The molecule has 0 spiro atoms. The second-order valence-corrected chi connectivity index (χ2v) is 6.58. The van der Waals surface area contributed by atoms with Crippen LogP contribution in [0.5, 0.6) is 23.0 Å². The maximum Gasteiger partial charge on any atom is 0.203 e.